The number of carbonyl (C=O) groups is 1. The molecular formula is C10H16O2. The zero-order valence-electron chi connectivity index (χ0n) is 7.75. The first-order valence-electron chi connectivity index (χ1n) is 4.90. The molecule has 4 atom stereocenters. The maximum absolute atomic E-state index is 11.4. The molecular weight excluding hydrogens is 152 g/mol. The Kier molecular flexibility index (Phi) is 1.85. The lowest BCUT2D eigenvalue weighted by Gasteiger charge is -2.28. The quantitative estimate of drug-likeness (QED) is 0.558. The highest BCUT2D eigenvalue weighted by Gasteiger charge is 2.48. The molecule has 1 heterocycles. The first kappa shape index (κ1) is 8.09. The molecule has 2 rings (SSSR count). The van der Waals surface area contributed by atoms with Crippen molar-refractivity contribution >= 4 is 5.97 Å². The van der Waals surface area contributed by atoms with Crippen LogP contribution < -0.4 is 0 Å². The highest BCUT2D eigenvalue weighted by Crippen LogP contribution is 2.46. The average Bonchev–Trinajstić information content (AvgIpc) is 2.30. The minimum absolute atomic E-state index is 0.0584. The van der Waals surface area contributed by atoms with Crippen molar-refractivity contribution in [3.63, 3.8) is 0 Å². The van der Waals surface area contributed by atoms with E-state index in [4.69, 9.17) is 4.74 Å². The Bertz CT molecular complexity index is 200. The second kappa shape index (κ2) is 2.75. The highest BCUT2D eigenvalue weighted by atomic mass is 16.5. The second-order valence-corrected chi connectivity index (χ2v) is 4.20. The van der Waals surface area contributed by atoms with Crippen molar-refractivity contribution in [2.75, 3.05) is 6.61 Å². The van der Waals surface area contributed by atoms with Crippen LogP contribution in [0.2, 0.25) is 0 Å². The van der Waals surface area contributed by atoms with Gasteiger partial charge in [0.05, 0.1) is 12.5 Å². The van der Waals surface area contributed by atoms with Gasteiger partial charge in [0.2, 0.25) is 0 Å². The summed E-state index contributed by atoms with van der Waals surface area (Å²) in [7, 11) is 0. The van der Waals surface area contributed by atoms with Crippen LogP contribution in [0.15, 0.2) is 0 Å². The van der Waals surface area contributed by atoms with E-state index < -0.39 is 0 Å². The predicted molar refractivity (Wildman–Crippen MR) is 45.5 cm³/mol. The Morgan fingerprint density at radius 3 is 2.92 bits per heavy atom. The minimum atomic E-state index is 0.0584. The number of hydrogen-bond acceptors (Lipinski definition) is 2. The Morgan fingerprint density at radius 2 is 2.33 bits per heavy atom. The fraction of sp³-hybridized carbons (Fsp3) is 0.900. The Morgan fingerprint density at radius 1 is 1.58 bits per heavy atom. The number of cyclic esters (lactones) is 1. The molecule has 68 valence electrons. The maximum atomic E-state index is 11.4. The van der Waals surface area contributed by atoms with Crippen LogP contribution in [0.3, 0.4) is 0 Å². The summed E-state index contributed by atoms with van der Waals surface area (Å²) in [5.41, 5.74) is 0. The lowest BCUT2D eigenvalue weighted by Crippen LogP contribution is -2.34. The summed E-state index contributed by atoms with van der Waals surface area (Å²) in [5.74, 6) is 2.10. The standard InChI is InChI=1S/C10H16O2/c1-3-8-7-4-6(2)9(8)10(11)12-5-7/h6-9H,3-5H2,1-2H3. The number of carbonyl (C=O) groups excluding carboxylic acids is 1. The monoisotopic (exact) mass is 168 g/mol. The van der Waals surface area contributed by atoms with Gasteiger partial charge in [-0.05, 0) is 24.2 Å². The van der Waals surface area contributed by atoms with Gasteiger partial charge in [0, 0.05) is 0 Å². The summed E-state index contributed by atoms with van der Waals surface area (Å²) < 4.78 is 5.13. The zero-order valence-corrected chi connectivity index (χ0v) is 7.75. The molecule has 2 heteroatoms. The molecule has 2 fully saturated rings. The van der Waals surface area contributed by atoms with E-state index in [1.54, 1.807) is 0 Å². The van der Waals surface area contributed by atoms with Crippen LogP contribution in [0.5, 0.6) is 0 Å². The van der Waals surface area contributed by atoms with Crippen LogP contribution in [0, 0.1) is 23.7 Å². The summed E-state index contributed by atoms with van der Waals surface area (Å²) >= 11 is 0. The minimum Gasteiger partial charge on any atom is -0.465 e. The summed E-state index contributed by atoms with van der Waals surface area (Å²) in [5, 5.41) is 0. The normalized spacial score (nSPS) is 46.0. The Balaban J connectivity index is 2.22. The molecule has 1 aliphatic heterocycles. The summed E-state index contributed by atoms with van der Waals surface area (Å²) in [6.07, 6.45) is 2.32. The fourth-order valence-electron chi connectivity index (χ4n) is 2.99. The molecule has 12 heavy (non-hydrogen) atoms. The molecule has 0 radical (unpaired) electrons. The third-order valence-electron chi connectivity index (χ3n) is 3.54. The van der Waals surface area contributed by atoms with E-state index in [2.05, 4.69) is 13.8 Å². The number of esters is 1. The number of rotatable bonds is 1. The molecule has 0 aromatic carbocycles. The Hall–Kier alpha value is -0.530. The molecule has 0 N–H and O–H groups in total. The Labute approximate surface area is 73.3 Å². The molecule has 4 unspecified atom stereocenters. The predicted octanol–water partition coefficient (Wildman–Crippen LogP) is 1.84. The lowest BCUT2D eigenvalue weighted by atomic mass is 9.84. The van der Waals surface area contributed by atoms with E-state index in [9.17, 15) is 4.79 Å². The van der Waals surface area contributed by atoms with Gasteiger partial charge >= 0.3 is 5.97 Å². The van der Waals surface area contributed by atoms with E-state index in [-0.39, 0.29) is 11.9 Å². The van der Waals surface area contributed by atoms with Crippen molar-refractivity contribution in [2.45, 2.75) is 26.7 Å². The average molecular weight is 168 g/mol. The molecule has 0 aromatic rings. The van der Waals surface area contributed by atoms with Crippen LogP contribution in [0.4, 0.5) is 0 Å². The van der Waals surface area contributed by atoms with E-state index in [1.807, 2.05) is 0 Å². The van der Waals surface area contributed by atoms with E-state index in [1.165, 1.54) is 6.42 Å². The molecule has 0 amide bonds. The van der Waals surface area contributed by atoms with Gasteiger partial charge in [0.1, 0.15) is 0 Å². The van der Waals surface area contributed by atoms with Gasteiger partial charge in [-0.2, -0.15) is 0 Å². The molecule has 1 aliphatic carbocycles. The van der Waals surface area contributed by atoms with Crippen LogP contribution in [0.25, 0.3) is 0 Å². The smallest absolute Gasteiger partial charge is 0.309 e. The first-order valence-corrected chi connectivity index (χ1v) is 4.90. The largest absolute Gasteiger partial charge is 0.465 e. The van der Waals surface area contributed by atoms with Crippen molar-refractivity contribution in [1.29, 1.82) is 0 Å². The zero-order chi connectivity index (χ0) is 8.72. The third-order valence-corrected chi connectivity index (χ3v) is 3.54. The van der Waals surface area contributed by atoms with Crippen molar-refractivity contribution in [3.05, 3.63) is 0 Å². The van der Waals surface area contributed by atoms with Crippen molar-refractivity contribution in [2.24, 2.45) is 23.7 Å². The van der Waals surface area contributed by atoms with Gasteiger partial charge in [-0.3, -0.25) is 4.79 Å². The molecule has 2 bridgehead atoms. The first-order chi connectivity index (χ1) is 5.74. The van der Waals surface area contributed by atoms with Gasteiger partial charge in [-0.15, -0.1) is 0 Å². The van der Waals surface area contributed by atoms with Gasteiger partial charge < -0.3 is 4.74 Å². The SMILES string of the molecule is CCC1C2COC(=O)C1C(C)C2. The molecule has 1 saturated heterocycles. The summed E-state index contributed by atoms with van der Waals surface area (Å²) in [6.45, 7) is 5.04. The number of hydrogen-bond donors (Lipinski definition) is 0. The topological polar surface area (TPSA) is 26.3 Å². The number of ether oxygens (including phenoxy) is 1. The van der Waals surface area contributed by atoms with Gasteiger partial charge in [-0.1, -0.05) is 20.3 Å². The fourth-order valence-corrected chi connectivity index (χ4v) is 2.99. The van der Waals surface area contributed by atoms with Crippen LogP contribution in [-0.4, -0.2) is 12.6 Å². The molecule has 2 aliphatic rings. The van der Waals surface area contributed by atoms with E-state index in [0.717, 1.165) is 6.42 Å². The molecule has 1 saturated carbocycles. The molecule has 0 aromatic heterocycles. The maximum Gasteiger partial charge on any atom is 0.309 e. The van der Waals surface area contributed by atoms with Gasteiger partial charge in [0.15, 0.2) is 0 Å². The molecule has 2 nitrogen and oxygen atoms in total. The van der Waals surface area contributed by atoms with E-state index >= 15 is 0 Å². The lowest BCUT2D eigenvalue weighted by molar-refractivity contribution is -0.157. The van der Waals surface area contributed by atoms with Crippen LogP contribution in [0.1, 0.15) is 26.7 Å². The van der Waals surface area contributed by atoms with Gasteiger partial charge in [-0.25, -0.2) is 0 Å². The second-order valence-electron chi connectivity index (χ2n) is 4.20. The summed E-state index contributed by atoms with van der Waals surface area (Å²) in [4.78, 5) is 11.4. The van der Waals surface area contributed by atoms with E-state index in [0.29, 0.717) is 24.4 Å². The van der Waals surface area contributed by atoms with Crippen molar-refractivity contribution in [1.82, 2.24) is 0 Å². The van der Waals surface area contributed by atoms with Crippen LogP contribution in [-0.2, 0) is 9.53 Å². The van der Waals surface area contributed by atoms with Crippen LogP contribution >= 0.6 is 0 Å². The highest BCUT2D eigenvalue weighted by molar-refractivity contribution is 5.74. The van der Waals surface area contributed by atoms with Gasteiger partial charge in [0.25, 0.3) is 0 Å². The number of fused-ring (bicyclic) bond motifs is 2. The summed E-state index contributed by atoms with van der Waals surface area (Å²) in [6, 6.07) is 0. The molecule has 0 spiro atoms. The van der Waals surface area contributed by atoms with Crippen molar-refractivity contribution in [3.8, 4) is 0 Å². The van der Waals surface area contributed by atoms with Crippen molar-refractivity contribution < 1.29 is 9.53 Å². The third kappa shape index (κ3) is 0.970.